The molecule has 0 fully saturated rings. The molecular weight excluding hydrogens is 557 g/mol. The van der Waals surface area contributed by atoms with Gasteiger partial charge in [0.25, 0.3) is 0 Å². The fraction of sp³-hybridized carbons (Fsp3) is 0. The maximum Gasteiger partial charge on any atom is 0.153 e. The van der Waals surface area contributed by atoms with Crippen molar-refractivity contribution in [3.63, 3.8) is 0 Å². The predicted octanol–water partition coefficient (Wildman–Crippen LogP) is 11.6. The minimum atomic E-state index is -0.335. The molecule has 3 heteroatoms. The van der Waals surface area contributed by atoms with Gasteiger partial charge in [-0.3, -0.25) is 0 Å². The second-order valence-electron chi connectivity index (χ2n) is 11.5. The van der Waals surface area contributed by atoms with Crippen molar-refractivity contribution in [1.82, 2.24) is 0 Å². The first-order chi connectivity index (χ1) is 21.8. The lowest BCUT2D eigenvalue weighted by molar-refractivity contribution is 0.662. The van der Waals surface area contributed by atoms with Gasteiger partial charge in [0.2, 0.25) is 0 Å². The average Bonchev–Trinajstić information content (AvgIpc) is 3.64. The van der Waals surface area contributed by atoms with E-state index < -0.39 is 0 Å². The van der Waals surface area contributed by atoms with E-state index in [0.29, 0.717) is 0 Å². The first-order valence-corrected chi connectivity index (χ1v) is 16.1. The van der Waals surface area contributed by atoms with Crippen molar-refractivity contribution < 1.29 is 8.60 Å². The van der Waals surface area contributed by atoms with Gasteiger partial charge in [0, 0.05) is 42.8 Å². The summed E-state index contributed by atoms with van der Waals surface area (Å²) >= 11 is 0. The standard InChI is InChI=1S/C41H24O2S/c1-2-10-25(11-3-1)39-28-12-4-6-14-30(28)40(31-15-7-5-13-29(31)39)27-18-20-36-34(22-27)35-24-33-26(23-37(35)42-36)17-19-32-38-16-8-9-21-44(38)43-41(32)33/h1-24H. The maximum atomic E-state index is 6.52. The molecule has 2 aliphatic rings. The molecule has 0 bridgehead atoms. The molecular formula is C41H24O2S. The quantitative estimate of drug-likeness (QED) is 0.150. The van der Waals surface area contributed by atoms with E-state index in [0.717, 1.165) is 38.5 Å². The van der Waals surface area contributed by atoms with Crippen LogP contribution in [0.4, 0.5) is 0 Å². The molecule has 10 rings (SSSR count). The Morgan fingerprint density at radius 2 is 1.16 bits per heavy atom. The summed E-state index contributed by atoms with van der Waals surface area (Å²) in [6, 6.07) is 43.8. The highest BCUT2D eigenvalue weighted by atomic mass is 32.2. The number of furan rings is 1. The van der Waals surface area contributed by atoms with Gasteiger partial charge in [0.05, 0.1) is 0 Å². The third kappa shape index (κ3) is 3.36. The molecule has 0 N–H and O–H groups in total. The second-order valence-corrected chi connectivity index (χ2v) is 12.9. The Kier molecular flexibility index (Phi) is 4.96. The topological polar surface area (TPSA) is 22.4 Å². The van der Waals surface area contributed by atoms with E-state index in [-0.39, 0.29) is 10.8 Å². The third-order valence-electron chi connectivity index (χ3n) is 9.06. The minimum Gasteiger partial charge on any atom is -0.456 e. The summed E-state index contributed by atoms with van der Waals surface area (Å²) in [5, 5.41) is 11.6. The van der Waals surface area contributed by atoms with E-state index in [1.807, 2.05) is 0 Å². The summed E-state index contributed by atoms with van der Waals surface area (Å²) in [5.41, 5.74) is 7.91. The molecule has 7 aromatic carbocycles. The van der Waals surface area contributed by atoms with Crippen LogP contribution in [0.5, 0.6) is 5.75 Å². The van der Waals surface area contributed by atoms with E-state index in [1.54, 1.807) is 0 Å². The predicted molar refractivity (Wildman–Crippen MR) is 188 cm³/mol. The molecule has 0 spiro atoms. The van der Waals surface area contributed by atoms with Gasteiger partial charge in [-0.25, -0.2) is 0 Å². The lowest BCUT2D eigenvalue weighted by Gasteiger charge is -2.17. The van der Waals surface area contributed by atoms with Crippen LogP contribution >= 0.6 is 10.8 Å². The normalized spacial score (nSPS) is 15.5. The Bertz CT molecular complexity index is 2560. The van der Waals surface area contributed by atoms with Crippen LogP contribution in [0.2, 0.25) is 0 Å². The van der Waals surface area contributed by atoms with Gasteiger partial charge in [0.1, 0.15) is 11.2 Å². The third-order valence-corrected chi connectivity index (χ3v) is 10.6. The summed E-state index contributed by atoms with van der Waals surface area (Å²) in [4.78, 5) is 1.25. The molecule has 1 atom stereocenters. The number of allylic oxidation sites excluding steroid dienone is 3. The molecule has 0 saturated heterocycles. The Morgan fingerprint density at radius 3 is 1.91 bits per heavy atom. The Balaban J connectivity index is 1.24. The Hall–Kier alpha value is -5.38. The second kappa shape index (κ2) is 9.06. The maximum absolute atomic E-state index is 6.52. The summed E-state index contributed by atoms with van der Waals surface area (Å²) in [6.45, 7) is 0. The van der Waals surface area contributed by atoms with Gasteiger partial charge in [0.15, 0.2) is 5.75 Å². The van der Waals surface area contributed by atoms with Crippen LogP contribution in [-0.2, 0) is 0 Å². The molecule has 3 heterocycles. The smallest absolute Gasteiger partial charge is 0.153 e. The number of rotatable bonds is 2. The van der Waals surface area contributed by atoms with E-state index in [1.165, 1.54) is 54.2 Å². The van der Waals surface area contributed by atoms with Crippen molar-refractivity contribution in [3.05, 3.63) is 151 Å². The molecule has 44 heavy (non-hydrogen) atoms. The summed E-state index contributed by atoms with van der Waals surface area (Å²) < 4.78 is 13.0. The number of hydrogen-bond acceptors (Lipinski definition) is 2. The zero-order chi connectivity index (χ0) is 28.8. The van der Waals surface area contributed by atoms with Gasteiger partial charge < -0.3 is 8.60 Å². The van der Waals surface area contributed by atoms with Crippen LogP contribution in [0, 0.1) is 0 Å². The van der Waals surface area contributed by atoms with Crippen LogP contribution < -0.4 is 4.18 Å². The van der Waals surface area contributed by atoms with Crippen molar-refractivity contribution in [1.29, 1.82) is 0 Å². The monoisotopic (exact) mass is 580 g/mol. The SMILES string of the molecule is C1=CC2=S(C=C1)Oc1c2ccc2cc3oc4ccc(-c5c6ccccc6c(-c6ccccc6)c6ccccc56)cc4c3cc12. The summed E-state index contributed by atoms with van der Waals surface area (Å²) in [7, 11) is -0.335. The first-order valence-electron chi connectivity index (χ1n) is 14.9. The highest BCUT2D eigenvalue weighted by Gasteiger charge is 2.24. The molecule has 0 saturated carbocycles. The van der Waals surface area contributed by atoms with E-state index >= 15 is 0 Å². The zero-order valence-electron chi connectivity index (χ0n) is 23.6. The lowest BCUT2D eigenvalue weighted by atomic mass is 9.86. The highest BCUT2D eigenvalue weighted by molar-refractivity contribution is 8.15. The molecule has 0 aliphatic carbocycles. The molecule has 1 aromatic heterocycles. The van der Waals surface area contributed by atoms with Gasteiger partial charge in [-0.05, 0) is 85.6 Å². The van der Waals surface area contributed by atoms with Gasteiger partial charge in [-0.15, -0.1) is 0 Å². The molecule has 2 nitrogen and oxygen atoms in total. The van der Waals surface area contributed by atoms with Crippen molar-refractivity contribution in [2.24, 2.45) is 0 Å². The minimum absolute atomic E-state index is 0.335. The molecule has 0 amide bonds. The van der Waals surface area contributed by atoms with Gasteiger partial charge in [-0.2, -0.15) is 0 Å². The van der Waals surface area contributed by atoms with Crippen molar-refractivity contribution in [2.75, 3.05) is 0 Å². The molecule has 206 valence electrons. The Labute approximate surface area is 256 Å². The molecule has 8 aromatic rings. The first kappa shape index (κ1) is 24.1. The fourth-order valence-electron chi connectivity index (χ4n) is 7.12. The molecule has 2 aliphatic heterocycles. The molecule has 0 radical (unpaired) electrons. The van der Waals surface area contributed by atoms with E-state index in [9.17, 15) is 0 Å². The average molecular weight is 581 g/mol. The summed E-state index contributed by atoms with van der Waals surface area (Å²) in [6.07, 6.45) is 6.34. The number of hydrogen-bond donors (Lipinski definition) is 0. The van der Waals surface area contributed by atoms with E-state index in [4.69, 9.17) is 8.60 Å². The van der Waals surface area contributed by atoms with Crippen LogP contribution in [-0.4, -0.2) is 4.86 Å². The summed E-state index contributed by atoms with van der Waals surface area (Å²) in [5.74, 6) is 0.970. The number of benzene rings is 7. The Morgan fingerprint density at radius 1 is 0.477 bits per heavy atom. The molecule has 1 unspecified atom stereocenters. The van der Waals surface area contributed by atoms with Gasteiger partial charge >= 0.3 is 0 Å². The van der Waals surface area contributed by atoms with E-state index in [2.05, 4.69) is 145 Å². The van der Waals surface area contributed by atoms with Crippen LogP contribution in [0.1, 0.15) is 5.56 Å². The zero-order valence-corrected chi connectivity index (χ0v) is 24.4. The van der Waals surface area contributed by atoms with Crippen molar-refractivity contribution in [3.8, 4) is 28.0 Å². The fourth-order valence-corrected chi connectivity index (χ4v) is 8.60. The van der Waals surface area contributed by atoms with Crippen LogP contribution in [0.25, 0.3) is 76.5 Å². The van der Waals surface area contributed by atoms with Crippen molar-refractivity contribution >= 4 is 69.9 Å². The van der Waals surface area contributed by atoms with Gasteiger partial charge in [-0.1, -0.05) is 103 Å². The van der Waals surface area contributed by atoms with Crippen LogP contribution in [0.15, 0.2) is 149 Å². The largest absolute Gasteiger partial charge is 0.456 e. The number of fused-ring (bicyclic) bond motifs is 9. The van der Waals surface area contributed by atoms with Crippen molar-refractivity contribution in [2.45, 2.75) is 0 Å². The lowest BCUT2D eigenvalue weighted by Crippen LogP contribution is -1.92. The van der Waals surface area contributed by atoms with Crippen LogP contribution in [0.3, 0.4) is 0 Å². The highest BCUT2D eigenvalue weighted by Crippen LogP contribution is 2.47.